The molecule has 1 aliphatic heterocycles. The van der Waals surface area contributed by atoms with Crippen molar-refractivity contribution in [3.8, 4) is 0 Å². The van der Waals surface area contributed by atoms with Crippen LogP contribution in [0.15, 0.2) is 12.1 Å². The number of anilines is 1. The Kier molecular flexibility index (Phi) is 3.24. The van der Waals surface area contributed by atoms with E-state index in [2.05, 4.69) is 15.2 Å². The van der Waals surface area contributed by atoms with Gasteiger partial charge in [0.1, 0.15) is 5.82 Å². The third kappa shape index (κ3) is 2.53. The number of amides is 1. The van der Waals surface area contributed by atoms with E-state index in [9.17, 15) is 4.79 Å². The molecule has 0 aromatic carbocycles. The van der Waals surface area contributed by atoms with Crippen LogP contribution in [-0.2, 0) is 4.79 Å². The Morgan fingerprint density at radius 1 is 1.36 bits per heavy atom. The van der Waals surface area contributed by atoms with Crippen molar-refractivity contribution in [1.29, 1.82) is 0 Å². The molecule has 2 aromatic rings. The number of nitrogens with zero attached hydrogens (tertiary/aromatic N) is 3. The van der Waals surface area contributed by atoms with Gasteiger partial charge in [0.05, 0.1) is 5.39 Å². The zero-order valence-electron chi connectivity index (χ0n) is 12.6. The molecule has 4 rings (SSSR count). The van der Waals surface area contributed by atoms with E-state index in [1.54, 1.807) is 0 Å². The lowest BCUT2D eigenvalue weighted by atomic mass is 9.93. The summed E-state index contributed by atoms with van der Waals surface area (Å²) in [4.78, 5) is 19.0. The number of fused-ring (bicyclic) bond motifs is 1. The zero-order chi connectivity index (χ0) is 15.1. The summed E-state index contributed by atoms with van der Waals surface area (Å²) in [6.07, 6.45) is 5.30. The Morgan fingerprint density at radius 3 is 3.05 bits per heavy atom. The van der Waals surface area contributed by atoms with Crippen molar-refractivity contribution in [2.75, 3.05) is 18.8 Å². The summed E-state index contributed by atoms with van der Waals surface area (Å²) < 4.78 is 0. The van der Waals surface area contributed by atoms with Gasteiger partial charge in [-0.2, -0.15) is 5.10 Å². The average molecular weight is 299 g/mol. The van der Waals surface area contributed by atoms with E-state index < -0.39 is 0 Å². The number of aromatic amines is 1. The lowest BCUT2D eigenvalue weighted by molar-refractivity contribution is -0.132. The van der Waals surface area contributed by atoms with Gasteiger partial charge in [-0.25, -0.2) is 4.98 Å². The minimum atomic E-state index is 0.305. The average Bonchev–Trinajstić information content (AvgIpc) is 3.29. The number of H-pyrrole nitrogens is 1. The van der Waals surface area contributed by atoms with Gasteiger partial charge < -0.3 is 10.6 Å². The first kappa shape index (κ1) is 13.5. The summed E-state index contributed by atoms with van der Waals surface area (Å²) in [5.74, 6) is 1.82. The maximum Gasteiger partial charge on any atom is 0.222 e. The van der Waals surface area contributed by atoms with Crippen LogP contribution in [-0.4, -0.2) is 39.1 Å². The van der Waals surface area contributed by atoms with Crippen LogP contribution in [0.4, 0.5) is 5.82 Å². The zero-order valence-corrected chi connectivity index (χ0v) is 12.6. The van der Waals surface area contributed by atoms with Crippen LogP contribution >= 0.6 is 0 Å². The molecule has 1 atom stereocenters. The minimum absolute atomic E-state index is 0.305. The van der Waals surface area contributed by atoms with E-state index >= 15 is 0 Å². The van der Waals surface area contributed by atoms with Gasteiger partial charge in [-0.05, 0) is 43.7 Å². The van der Waals surface area contributed by atoms with Gasteiger partial charge in [0.2, 0.25) is 5.91 Å². The molecule has 3 N–H and O–H groups in total. The lowest BCUT2D eigenvalue weighted by Gasteiger charge is -2.32. The Balaban J connectivity index is 1.51. The molecular formula is C16H21N5O. The number of hydrogen-bond donors (Lipinski definition) is 2. The molecule has 22 heavy (non-hydrogen) atoms. The van der Waals surface area contributed by atoms with E-state index in [4.69, 9.17) is 5.73 Å². The number of hydrogen-bond acceptors (Lipinski definition) is 4. The molecule has 2 aliphatic rings. The van der Waals surface area contributed by atoms with Crippen molar-refractivity contribution in [2.24, 2.45) is 5.92 Å². The number of nitrogens with two attached hydrogens (primary N) is 1. The largest absolute Gasteiger partial charge is 0.384 e. The molecular weight excluding hydrogens is 278 g/mol. The van der Waals surface area contributed by atoms with Gasteiger partial charge in [-0.3, -0.25) is 9.89 Å². The molecule has 2 fully saturated rings. The highest BCUT2D eigenvalue weighted by molar-refractivity contribution is 5.85. The summed E-state index contributed by atoms with van der Waals surface area (Å²) in [5.41, 5.74) is 7.49. The first-order valence-corrected chi connectivity index (χ1v) is 8.09. The first-order chi connectivity index (χ1) is 10.7. The van der Waals surface area contributed by atoms with Crippen molar-refractivity contribution >= 4 is 22.8 Å². The standard InChI is InChI=1S/C16H21N5O/c17-15-12-5-6-13(18-16(12)20-19-15)11-2-1-7-21(9-11)14(22)8-10-3-4-10/h5-6,10-11H,1-4,7-9H2,(H3,17,18,19,20). The normalized spacial score (nSPS) is 22.2. The number of pyridine rings is 1. The summed E-state index contributed by atoms with van der Waals surface area (Å²) in [6, 6.07) is 4.00. The van der Waals surface area contributed by atoms with Crippen LogP contribution in [0, 0.1) is 5.92 Å². The topological polar surface area (TPSA) is 87.9 Å². The molecule has 1 amide bonds. The predicted molar refractivity (Wildman–Crippen MR) is 84.2 cm³/mol. The molecule has 1 saturated carbocycles. The molecule has 116 valence electrons. The van der Waals surface area contributed by atoms with E-state index in [1.165, 1.54) is 12.8 Å². The second-order valence-corrected chi connectivity index (χ2v) is 6.57. The van der Waals surface area contributed by atoms with E-state index in [0.717, 1.165) is 43.4 Å². The van der Waals surface area contributed by atoms with Crippen molar-refractivity contribution in [3.05, 3.63) is 17.8 Å². The van der Waals surface area contributed by atoms with E-state index in [0.29, 0.717) is 29.2 Å². The Labute approximate surface area is 129 Å². The number of carbonyl (C=O) groups excluding carboxylic acids is 1. The van der Waals surface area contributed by atoms with Gasteiger partial charge in [0, 0.05) is 31.1 Å². The van der Waals surface area contributed by atoms with Gasteiger partial charge >= 0.3 is 0 Å². The highest BCUT2D eigenvalue weighted by Gasteiger charge is 2.30. The number of likely N-dealkylation sites (tertiary alicyclic amines) is 1. The van der Waals surface area contributed by atoms with Crippen LogP contribution in [0.25, 0.3) is 11.0 Å². The minimum Gasteiger partial charge on any atom is -0.384 e. The predicted octanol–water partition coefficient (Wildman–Crippen LogP) is 2.05. The molecule has 6 nitrogen and oxygen atoms in total. The van der Waals surface area contributed by atoms with Crippen LogP contribution in [0.2, 0.25) is 0 Å². The fourth-order valence-corrected chi connectivity index (χ4v) is 3.30. The van der Waals surface area contributed by atoms with Crippen LogP contribution in [0.5, 0.6) is 0 Å². The third-order valence-corrected chi connectivity index (χ3v) is 4.82. The van der Waals surface area contributed by atoms with Crippen LogP contribution < -0.4 is 5.73 Å². The monoisotopic (exact) mass is 299 g/mol. The molecule has 0 spiro atoms. The Hall–Kier alpha value is -2.11. The second kappa shape index (κ2) is 5.26. The van der Waals surface area contributed by atoms with Gasteiger partial charge in [-0.1, -0.05) is 0 Å². The van der Waals surface area contributed by atoms with Crippen molar-refractivity contribution in [3.63, 3.8) is 0 Å². The molecule has 1 aliphatic carbocycles. The second-order valence-electron chi connectivity index (χ2n) is 6.57. The van der Waals surface area contributed by atoms with E-state index in [-0.39, 0.29) is 0 Å². The number of carbonyl (C=O) groups is 1. The summed E-state index contributed by atoms with van der Waals surface area (Å²) in [7, 11) is 0. The molecule has 1 unspecified atom stereocenters. The fraction of sp³-hybridized carbons (Fsp3) is 0.562. The van der Waals surface area contributed by atoms with Crippen LogP contribution in [0.3, 0.4) is 0 Å². The number of rotatable bonds is 3. The van der Waals surface area contributed by atoms with Crippen molar-refractivity contribution in [2.45, 2.75) is 38.0 Å². The summed E-state index contributed by atoms with van der Waals surface area (Å²) in [5, 5.41) is 7.76. The highest BCUT2D eigenvalue weighted by atomic mass is 16.2. The Morgan fingerprint density at radius 2 is 2.23 bits per heavy atom. The number of aromatic nitrogens is 3. The molecule has 1 saturated heterocycles. The quantitative estimate of drug-likeness (QED) is 0.908. The molecule has 3 heterocycles. The van der Waals surface area contributed by atoms with Gasteiger partial charge in [-0.15, -0.1) is 0 Å². The first-order valence-electron chi connectivity index (χ1n) is 8.09. The lowest BCUT2D eigenvalue weighted by Crippen LogP contribution is -2.39. The maximum atomic E-state index is 12.3. The van der Waals surface area contributed by atoms with Crippen molar-refractivity contribution in [1.82, 2.24) is 20.1 Å². The summed E-state index contributed by atoms with van der Waals surface area (Å²) >= 11 is 0. The molecule has 6 heteroatoms. The fourth-order valence-electron chi connectivity index (χ4n) is 3.30. The van der Waals surface area contributed by atoms with E-state index in [1.807, 2.05) is 17.0 Å². The summed E-state index contributed by atoms with van der Waals surface area (Å²) in [6.45, 7) is 1.67. The Bertz CT molecular complexity index is 706. The SMILES string of the molecule is Nc1[nH]nc2nc(C3CCCN(C(=O)CC4CC4)C3)ccc12. The number of piperidine rings is 1. The number of nitrogen functional groups attached to an aromatic ring is 1. The molecule has 0 bridgehead atoms. The molecule has 2 aromatic heterocycles. The smallest absolute Gasteiger partial charge is 0.222 e. The van der Waals surface area contributed by atoms with Crippen LogP contribution in [0.1, 0.15) is 43.7 Å². The van der Waals surface area contributed by atoms with Gasteiger partial charge in [0.15, 0.2) is 5.65 Å². The maximum absolute atomic E-state index is 12.3. The van der Waals surface area contributed by atoms with Gasteiger partial charge in [0.25, 0.3) is 0 Å². The van der Waals surface area contributed by atoms with Crippen molar-refractivity contribution < 1.29 is 4.79 Å². The third-order valence-electron chi connectivity index (χ3n) is 4.82. The molecule has 0 radical (unpaired) electrons. The number of nitrogens with one attached hydrogen (secondary N) is 1. The highest BCUT2D eigenvalue weighted by Crippen LogP contribution is 2.34.